The second-order valence-electron chi connectivity index (χ2n) is 7.74. The van der Waals surface area contributed by atoms with Gasteiger partial charge in [0.15, 0.2) is 5.96 Å². The first-order valence-electron chi connectivity index (χ1n) is 10.4. The van der Waals surface area contributed by atoms with Crippen LogP contribution in [0.1, 0.15) is 31.4 Å². The highest BCUT2D eigenvalue weighted by Crippen LogP contribution is 2.16. The Morgan fingerprint density at radius 1 is 1.26 bits per heavy atom. The van der Waals surface area contributed by atoms with Crippen LogP contribution in [0.4, 0.5) is 0 Å². The molecule has 7 nitrogen and oxygen atoms in total. The minimum atomic E-state index is 0. The highest BCUT2D eigenvalue weighted by molar-refractivity contribution is 14.0. The summed E-state index contributed by atoms with van der Waals surface area (Å²) in [7, 11) is 1.75. The van der Waals surface area contributed by atoms with Gasteiger partial charge in [-0.05, 0) is 18.1 Å². The molecule has 1 aromatic carbocycles. The van der Waals surface area contributed by atoms with Gasteiger partial charge in [0.2, 0.25) is 11.8 Å². The smallest absolute Gasteiger partial charge is 0.225 e. The van der Waals surface area contributed by atoms with E-state index in [1.165, 1.54) is 0 Å². The van der Waals surface area contributed by atoms with E-state index in [-0.39, 0.29) is 41.8 Å². The third-order valence-corrected chi connectivity index (χ3v) is 5.07. The molecule has 0 spiro atoms. The van der Waals surface area contributed by atoms with Crippen LogP contribution in [-0.4, -0.2) is 47.9 Å². The van der Waals surface area contributed by atoms with E-state index >= 15 is 0 Å². The fourth-order valence-corrected chi connectivity index (χ4v) is 3.42. The summed E-state index contributed by atoms with van der Waals surface area (Å²) in [6, 6.07) is 14.1. The summed E-state index contributed by atoms with van der Waals surface area (Å²) in [6.07, 6.45) is 2.65. The number of aliphatic imine (C=N–C) groups is 1. The predicted molar refractivity (Wildman–Crippen MR) is 134 cm³/mol. The number of pyridine rings is 1. The van der Waals surface area contributed by atoms with E-state index in [9.17, 15) is 4.79 Å². The average Bonchev–Trinajstić information content (AvgIpc) is 3.24. The van der Waals surface area contributed by atoms with Gasteiger partial charge in [-0.2, -0.15) is 0 Å². The molecule has 0 saturated carbocycles. The number of amides is 1. The van der Waals surface area contributed by atoms with Crippen molar-refractivity contribution >= 4 is 35.8 Å². The number of carbonyl (C=O) groups excluding carboxylic acids is 1. The maximum absolute atomic E-state index is 12.2. The number of ether oxygens (including phenoxy) is 1. The number of aromatic nitrogens is 1. The minimum Gasteiger partial charge on any atom is -0.473 e. The number of benzene rings is 1. The standard InChI is InChI=1S/C23H31N5O2.HI/c1-17(2)22(29)28-13-11-20(15-28)27-23(24-3)26-14-19-10-7-12-25-21(19)30-16-18-8-5-4-6-9-18;/h4-10,12,17,20H,11,13-16H2,1-3H3,(H2,24,26,27);1H. The molecule has 0 radical (unpaired) electrons. The monoisotopic (exact) mass is 537 g/mol. The fraction of sp³-hybridized carbons (Fsp3) is 0.435. The molecular weight excluding hydrogens is 505 g/mol. The van der Waals surface area contributed by atoms with E-state index in [0.29, 0.717) is 31.5 Å². The largest absolute Gasteiger partial charge is 0.473 e. The third-order valence-electron chi connectivity index (χ3n) is 5.07. The van der Waals surface area contributed by atoms with Crippen LogP contribution >= 0.6 is 24.0 Å². The average molecular weight is 537 g/mol. The van der Waals surface area contributed by atoms with E-state index < -0.39 is 0 Å². The summed E-state index contributed by atoms with van der Waals surface area (Å²) < 4.78 is 5.93. The van der Waals surface area contributed by atoms with E-state index in [4.69, 9.17) is 4.74 Å². The summed E-state index contributed by atoms with van der Waals surface area (Å²) >= 11 is 0. The molecule has 8 heteroatoms. The zero-order valence-electron chi connectivity index (χ0n) is 18.4. The van der Waals surface area contributed by atoms with Gasteiger partial charge in [0.1, 0.15) is 6.61 Å². The molecule has 31 heavy (non-hydrogen) atoms. The normalized spacial score (nSPS) is 16.1. The van der Waals surface area contributed by atoms with Crippen molar-refractivity contribution in [3.63, 3.8) is 0 Å². The molecule has 1 aliphatic rings. The maximum Gasteiger partial charge on any atom is 0.225 e. The third kappa shape index (κ3) is 7.37. The van der Waals surface area contributed by atoms with Crippen molar-refractivity contribution in [2.75, 3.05) is 20.1 Å². The number of carbonyl (C=O) groups is 1. The van der Waals surface area contributed by atoms with Crippen molar-refractivity contribution < 1.29 is 9.53 Å². The molecule has 1 unspecified atom stereocenters. The van der Waals surface area contributed by atoms with Crippen LogP contribution < -0.4 is 15.4 Å². The number of nitrogens with one attached hydrogen (secondary N) is 2. The zero-order valence-corrected chi connectivity index (χ0v) is 20.7. The topological polar surface area (TPSA) is 78.9 Å². The summed E-state index contributed by atoms with van der Waals surface area (Å²) in [5, 5.41) is 6.75. The summed E-state index contributed by atoms with van der Waals surface area (Å²) in [5.74, 6) is 1.55. The number of likely N-dealkylation sites (tertiary alicyclic amines) is 1. The first-order valence-corrected chi connectivity index (χ1v) is 10.4. The molecule has 3 rings (SSSR count). The summed E-state index contributed by atoms with van der Waals surface area (Å²) in [4.78, 5) is 22.8. The van der Waals surface area contributed by atoms with Crippen molar-refractivity contribution in [2.24, 2.45) is 10.9 Å². The van der Waals surface area contributed by atoms with Crippen LogP contribution in [0.5, 0.6) is 5.88 Å². The Morgan fingerprint density at radius 3 is 2.74 bits per heavy atom. The van der Waals surface area contributed by atoms with Crippen LogP contribution in [-0.2, 0) is 17.9 Å². The molecule has 2 heterocycles. The number of hydrogen-bond acceptors (Lipinski definition) is 4. The lowest BCUT2D eigenvalue weighted by Crippen LogP contribution is -2.45. The minimum absolute atomic E-state index is 0. The second-order valence-corrected chi connectivity index (χ2v) is 7.74. The quantitative estimate of drug-likeness (QED) is 0.322. The highest BCUT2D eigenvalue weighted by atomic mass is 127. The Bertz CT molecular complexity index is 860. The predicted octanol–water partition coefficient (Wildman–Crippen LogP) is 3.20. The van der Waals surface area contributed by atoms with Crippen molar-refractivity contribution in [2.45, 2.75) is 39.5 Å². The second kappa shape index (κ2) is 12.5. The summed E-state index contributed by atoms with van der Waals surface area (Å²) in [6.45, 7) is 6.38. The van der Waals surface area contributed by atoms with Crippen molar-refractivity contribution in [3.05, 3.63) is 59.8 Å². The van der Waals surface area contributed by atoms with Gasteiger partial charge in [0, 0.05) is 50.4 Å². The molecular formula is C23H32IN5O2. The SMILES string of the molecule is CN=C(NCc1cccnc1OCc1ccccc1)NC1CCN(C(=O)C(C)C)C1.I. The molecule has 2 N–H and O–H groups in total. The molecule has 0 bridgehead atoms. The van der Waals surface area contributed by atoms with Gasteiger partial charge in [-0.25, -0.2) is 4.98 Å². The number of halogens is 1. The molecule has 1 aromatic heterocycles. The van der Waals surface area contributed by atoms with Crippen LogP contribution in [0.15, 0.2) is 53.7 Å². The lowest BCUT2D eigenvalue weighted by atomic mass is 10.2. The fourth-order valence-electron chi connectivity index (χ4n) is 3.42. The van der Waals surface area contributed by atoms with Gasteiger partial charge in [-0.1, -0.05) is 50.2 Å². The molecule has 1 saturated heterocycles. The number of guanidine groups is 1. The molecule has 168 valence electrons. The van der Waals surface area contributed by atoms with Crippen LogP contribution in [0.25, 0.3) is 0 Å². The lowest BCUT2D eigenvalue weighted by molar-refractivity contribution is -0.133. The van der Waals surface area contributed by atoms with Crippen molar-refractivity contribution in [1.29, 1.82) is 0 Å². The van der Waals surface area contributed by atoms with Gasteiger partial charge in [-0.15, -0.1) is 24.0 Å². The Kier molecular flexibility index (Phi) is 10.0. The van der Waals surface area contributed by atoms with E-state index in [2.05, 4.69) is 20.6 Å². The number of rotatable bonds is 7. The lowest BCUT2D eigenvalue weighted by Gasteiger charge is -2.20. The molecule has 1 amide bonds. The Balaban J connectivity index is 0.00000341. The van der Waals surface area contributed by atoms with Crippen LogP contribution in [0.3, 0.4) is 0 Å². The van der Waals surface area contributed by atoms with E-state index in [0.717, 1.165) is 24.1 Å². The molecule has 1 aliphatic heterocycles. The Labute approximate surface area is 201 Å². The first kappa shape index (κ1) is 24.9. The number of nitrogens with zero attached hydrogens (tertiary/aromatic N) is 3. The molecule has 2 aromatic rings. The van der Waals surface area contributed by atoms with Crippen LogP contribution in [0, 0.1) is 5.92 Å². The first-order chi connectivity index (χ1) is 14.6. The molecule has 0 aliphatic carbocycles. The maximum atomic E-state index is 12.2. The van der Waals surface area contributed by atoms with Gasteiger partial charge < -0.3 is 20.3 Å². The van der Waals surface area contributed by atoms with E-state index in [1.54, 1.807) is 13.2 Å². The van der Waals surface area contributed by atoms with Gasteiger partial charge in [0.05, 0.1) is 0 Å². The van der Waals surface area contributed by atoms with Crippen molar-refractivity contribution in [1.82, 2.24) is 20.5 Å². The van der Waals surface area contributed by atoms with Gasteiger partial charge in [-0.3, -0.25) is 9.79 Å². The summed E-state index contributed by atoms with van der Waals surface area (Å²) in [5.41, 5.74) is 2.06. The van der Waals surface area contributed by atoms with Gasteiger partial charge in [0.25, 0.3) is 0 Å². The van der Waals surface area contributed by atoms with E-state index in [1.807, 2.05) is 61.2 Å². The van der Waals surface area contributed by atoms with Gasteiger partial charge >= 0.3 is 0 Å². The Morgan fingerprint density at radius 2 is 2.03 bits per heavy atom. The zero-order chi connectivity index (χ0) is 21.3. The van der Waals surface area contributed by atoms with Crippen molar-refractivity contribution in [3.8, 4) is 5.88 Å². The highest BCUT2D eigenvalue weighted by Gasteiger charge is 2.27. The number of hydrogen-bond donors (Lipinski definition) is 2. The molecule has 1 fully saturated rings. The molecule has 1 atom stereocenters. The van der Waals surface area contributed by atoms with Crippen LogP contribution in [0.2, 0.25) is 0 Å². The Hall–Kier alpha value is -2.36.